The van der Waals surface area contributed by atoms with Gasteiger partial charge in [0.05, 0.1) is 0 Å². The van der Waals surface area contributed by atoms with Gasteiger partial charge in [-0.05, 0) is 39.4 Å². The zero-order chi connectivity index (χ0) is 23.4. The number of hydrogen-bond donors (Lipinski definition) is 0. The van der Waals surface area contributed by atoms with Crippen molar-refractivity contribution < 1.29 is 13.3 Å². The molecule has 2 unspecified atom stereocenters. The maximum absolute atomic E-state index is 5.92. The quantitative estimate of drug-likeness (QED) is 0.116. The molecular formula is C26H57NO3Si. The first-order valence-corrected chi connectivity index (χ1v) is 15.1. The standard InChI is InChI=1S/C26H57NO3Si/c1-8-10-11-12-13-16-19-22-25(26(9-2)31(28-5,29-6)30-7)23-20-17-14-15-18-21-24-27(3)4/h25-26H,8-24H2,1-7H3. The molecule has 0 aromatic carbocycles. The molecule has 5 heteroatoms. The van der Waals surface area contributed by atoms with E-state index in [0.717, 1.165) is 6.42 Å². The molecule has 31 heavy (non-hydrogen) atoms. The molecular weight excluding hydrogens is 402 g/mol. The van der Waals surface area contributed by atoms with E-state index in [0.29, 0.717) is 11.5 Å². The minimum absolute atomic E-state index is 0.410. The molecule has 0 fully saturated rings. The Hall–Kier alpha value is 0.0569. The molecule has 2 atom stereocenters. The van der Waals surface area contributed by atoms with Crippen LogP contribution in [0.2, 0.25) is 5.54 Å². The molecule has 0 spiro atoms. The van der Waals surface area contributed by atoms with Crippen LogP contribution in [0.1, 0.15) is 117 Å². The largest absolute Gasteiger partial charge is 0.503 e. The van der Waals surface area contributed by atoms with Gasteiger partial charge in [-0.2, -0.15) is 0 Å². The number of unbranched alkanes of at least 4 members (excludes halogenated alkanes) is 11. The van der Waals surface area contributed by atoms with E-state index in [9.17, 15) is 0 Å². The Balaban J connectivity index is 4.57. The highest BCUT2D eigenvalue weighted by Crippen LogP contribution is 2.40. The van der Waals surface area contributed by atoms with Crippen LogP contribution in [0.5, 0.6) is 0 Å². The van der Waals surface area contributed by atoms with E-state index in [2.05, 4.69) is 32.8 Å². The Bertz CT molecular complexity index is 369. The lowest BCUT2D eigenvalue weighted by atomic mass is 9.90. The minimum atomic E-state index is -2.60. The van der Waals surface area contributed by atoms with Crippen molar-refractivity contribution in [2.75, 3.05) is 42.0 Å². The molecule has 0 rings (SSSR count). The molecule has 0 aliphatic rings. The minimum Gasteiger partial charge on any atom is -0.377 e. The van der Waals surface area contributed by atoms with Gasteiger partial charge in [0.1, 0.15) is 0 Å². The summed E-state index contributed by atoms with van der Waals surface area (Å²) in [6.45, 7) is 5.79. The molecule has 0 heterocycles. The van der Waals surface area contributed by atoms with Crippen molar-refractivity contribution in [3.63, 3.8) is 0 Å². The summed E-state index contributed by atoms with van der Waals surface area (Å²) >= 11 is 0. The van der Waals surface area contributed by atoms with Gasteiger partial charge in [0.25, 0.3) is 0 Å². The van der Waals surface area contributed by atoms with Crippen molar-refractivity contribution in [3.05, 3.63) is 0 Å². The van der Waals surface area contributed by atoms with Crippen molar-refractivity contribution in [2.24, 2.45) is 5.92 Å². The van der Waals surface area contributed by atoms with Gasteiger partial charge >= 0.3 is 8.80 Å². The highest BCUT2D eigenvalue weighted by atomic mass is 28.4. The zero-order valence-electron chi connectivity index (χ0n) is 22.3. The molecule has 0 saturated heterocycles. The van der Waals surface area contributed by atoms with E-state index < -0.39 is 8.80 Å². The molecule has 0 saturated carbocycles. The number of nitrogens with zero attached hydrogens (tertiary/aromatic N) is 1. The van der Waals surface area contributed by atoms with Crippen molar-refractivity contribution >= 4 is 8.80 Å². The van der Waals surface area contributed by atoms with Crippen LogP contribution in [0.15, 0.2) is 0 Å². The third-order valence-electron chi connectivity index (χ3n) is 6.93. The van der Waals surface area contributed by atoms with Gasteiger partial charge < -0.3 is 18.2 Å². The van der Waals surface area contributed by atoms with E-state index in [4.69, 9.17) is 13.3 Å². The second-order valence-electron chi connectivity index (χ2n) is 9.61. The Labute approximate surface area is 197 Å². The first kappa shape index (κ1) is 31.1. The van der Waals surface area contributed by atoms with Crippen molar-refractivity contribution in [2.45, 2.75) is 122 Å². The topological polar surface area (TPSA) is 30.9 Å². The zero-order valence-corrected chi connectivity index (χ0v) is 23.3. The van der Waals surface area contributed by atoms with Gasteiger partial charge in [0.2, 0.25) is 0 Å². The second kappa shape index (κ2) is 20.6. The summed E-state index contributed by atoms with van der Waals surface area (Å²) in [4.78, 5) is 2.29. The molecule has 0 radical (unpaired) electrons. The van der Waals surface area contributed by atoms with Crippen LogP contribution in [0.4, 0.5) is 0 Å². The third kappa shape index (κ3) is 14.0. The van der Waals surface area contributed by atoms with Crippen LogP contribution in [0.25, 0.3) is 0 Å². The number of rotatable bonds is 23. The molecule has 188 valence electrons. The molecule has 0 bridgehead atoms. The van der Waals surface area contributed by atoms with Crippen molar-refractivity contribution in [3.8, 4) is 0 Å². The fourth-order valence-electron chi connectivity index (χ4n) is 5.03. The lowest BCUT2D eigenvalue weighted by Gasteiger charge is -2.37. The highest BCUT2D eigenvalue weighted by molar-refractivity contribution is 6.62. The molecule has 0 amide bonds. The summed E-state index contributed by atoms with van der Waals surface area (Å²) in [6.07, 6.45) is 21.4. The van der Waals surface area contributed by atoms with E-state index in [1.165, 1.54) is 103 Å². The van der Waals surface area contributed by atoms with Crippen LogP contribution >= 0.6 is 0 Å². The average Bonchev–Trinajstić information content (AvgIpc) is 2.77. The van der Waals surface area contributed by atoms with Crippen LogP contribution < -0.4 is 0 Å². The first-order valence-electron chi connectivity index (χ1n) is 13.3. The maximum atomic E-state index is 5.92. The highest BCUT2D eigenvalue weighted by Gasteiger charge is 2.49. The lowest BCUT2D eigenvalue weighted by molar-refractivity contribution is 0.0969. The third-order valence-corrected chi connectivity index (χ3v) is 10.4. The predicted molar refractivity (Wildman–Crippen MR) is 138 cm³/mol. The molecule has 0 N–H and O–H groups in total. The van der Waals surface area contributed by atoms with Crippen molar-refractivity contribution in [1.29, 1.82) is 0 Å². The van der Waals surface area contributed by atoms with Crippen LogP contribution in [0.3, 0.4) is 0 Å². The monoisotopic (exact) mass is 459 g/mol. The first-order chi connectivity index (χ1) is 15.0. The molecule has 0 aliphatic carbocycles. The van der Waals surface area contributed by atoms with E-state index >= 15 is 0 Å². The van der Waals surface area contributed by atoms with Gasteiger partial charge in [0, 0.05) is 26.9 Å². The van der Waals surface area contributed by atoms with E-state index in [1.54, 1.807) is 21.3 Å². The fourth-order valence-corrected chi connectivity index (χ4v) is 7.85. The SMILES string of the molecule is CCCCCCCCCC(CCCCCCCCN(C)C)C(CC)[Si](OC)(OC)OC. The summed E-state index contributed by atoms with van der Waals surface area (Å²) in [7, 11) is 7.07. The number of hydrogen-bond acceptors (Lipinski definition) is 4. The summed E-state index contributed by atoms with van der Waals surface area (Å²) in [5.74, 6) is 0.654. The normalized spacial score (nSPS) is 14.3. The predicted octanol–water partition coefficient (Wildman–Crippen LogP) is 7.69. The Morgan fingerprint density at radius 1 is 0.613 bits per heavy atom. The van der Waals surface area contributed by atoms with Crippen LogP contribution in [-0.4, -0.2) is 55.7 Å². The maximum Gasteiger partial charge on any atom is 0.503 e. The lowest BCUT2D eigenvalue weighted by Crippen LogP contribution is -2.50. The van der Waals surface area contributed by atoms with E-state index in [1.807, 2.05) is 0 Å². The van der Waals surface area contributed by atoms with Crippen molar-refractivity contribution in [1.82, 2.24) is 4.90 Å². The summed E-state index contributed by atoms with van der Waals surface area (Å²) in [5.41, 5.74) is 0.410. The Morgan fingerprint density at radius 3 is 1.42 bits per heavy atom. The summed E-state index contributed by atoms with van der Waals surface area (Å²) in [5, 5.41) is 0. The summed E-state index contributed by atoms with van der Waals surface area (Å²) in [6, 6.07) is 0. The second-order valence-corrected chi connectivity index (χ2v) is 12.8. The van der Waals surface area contributed by atoms with Gasteiger partial charge in [0.15, 0.2) is 0 Å². The molecule has 4 nitrogen and oxygen atoms in total. The van der Waals surface area contributed by atoms with E-state index in [-0.39, 0.29) is 0 Å². The molecule has 0 aromatic rings. The Kier molecular flexibility index (Phi) is 20.7. The smallest absolute Gasteiger partial charge is 0.377 e. The fraction of sp³-hybridized carbons (Fsp3) is 1.00. The van der Waals surface area contributed by atoms with Crippen LogP contribution in [0, 0.1) is 5.92 Å². The summed E-state index contributed by atoms with van der Waals surface area (Å²) < 4.78 is 17.8. The average molecular weight is 460 g/mol. The molecule has 0 aliphatic heterocycles. The van der Waals surface area contributed by atoms with Crippen LogP contribution in [-0.2, 0) is 13.3 Å². The Morgan fingerprint density at radius 2 is 1.03 bits per heavy atom. The van der Waals surface area contributed by atoms with Gasteiger partial charge in [-0.25, -0.2) is 0 Å². The molecule has 0 aromatic heterocycles. The van der Waals surface area contributed by atoms with Gasteiger partial charge in [-0.15, -0.1) is 0 Å². The van der Waals surface area contributed by atoms with Gasteiger partial charge in [-0.3, -0.25) is 0 Å². The van der Waals surface area contributed by atoms with Gasteiger partial charge in [-0.1, -0.05) is 104 Å².